The lowest BCUT2D eigenvalue weighted by Crippen LogP contribution is -2.29. The molecule has 0 aromatic carbocycles. The maximum Gasteiger partial charge on any atom is 0.242 e. The molecular weight excluding hydrogens is 286 g/mol. The third-order valence-electron chi connectivity index (χ3n) is 2.65. The molecule has 0 aliphatic carbocycles. The van der Waals surface area contributed by atoms with Gasteiger partial charge >= 0.3 is 0 Å². The summed E-state index contributed by atoms with van der Waals surface area (Å²) in [5.41, 5.74) is 5.53. The Morgan fingerprint density at radius 3 is 2.89 bits per heavy atom. The summed E-state index contributed by atoms with van der Waals surface area (Å²) in [4.78, 5) is 0.867. The molecule has 2 aromatic rings. The summed E-state index contributed by atoms with van der Waals surface area (Å²) >= 11 is 1.33. The maximum absolute atomic E-state index is 12.3. The van der Waals surface area contributed by atoms with Crippen molar-refractivity contribution < 1.29 is 8.42 Å². The Morgan fingerprint density at radius 2 is 2.32 bits per heavy atom. The number of aromatic nitrogens is 3. The summed E-state index contributed by atoms with van der Waals surface area (Å²) in [5.74, 6) is 0.549. The highest BCUT2D eigenvalue weighted by molar-refractivity contribution is 7.89. The summed E-state index contributed by atoms with van der Waals surface area (Å²) in [7, 11) is -1.84. The largest absolute Gasteiger partial charge is 0.326 e. The van der Waals surface area contributed by atoms with Crippen molar-refractivity contribution in [2.24, 2.45) is 12.8 Å². The van der Waals surface area contributed by atoms with Gasteiger partial charge in [0.05, 0.1) is 10.9 Å². The fraction of sp³-hybridized carbons (Fsp3) is 0.400. The first-order valence-corrected chi connectivity index (χ1v) is 7.94. The molecule has 2 aromatic heterocycles. The van der Waals surface area contributed by atoms with Crippen molar-refractivity contribution in [2.75, 3.05) is 0 Å². The molecule has 1 unspecified atom stereocenters. The van der Waals surface area contributed by atoms with E-state index in [0.29, 0.717) is 10.7 Å². The zero-order chi connectivity index (χ0) is 14.0. The third kappa shape index (κ3) is 2.84. The minimum absolute atomic E-state index is 0.201. The first-order chi connectivity index (χ1) is 8.95. The Hall–Kier alpha value is -1.29. The zero-order valence-corrected chi connectivity index (χ0v) is 12.2. The fourth-order valence-corrected chi connectivity index (χ4v) is 4.29. The van der Waals surface area contributed by atoms with E-state index in [2.05, 4.69) is 14.9 Å². The molecule has 2 rings (SSSR count). The molecule has 104 valence electrons. The number of nitrogens with one attached hydrogen (secondary N) is 1. The molecule has 9 heteroatoms. The number of thiophene rings is 1. The quantitative estimate of drug-likeness (QED) is 0.831. The number of hydrogen-bond donors (Lipinski definition) is 2. The van der Waals surface area contributed by atoms with Crippen LogP contribution in [0.25, 0.3) is 0 Å². The van der Waals surface area contributed by atoms with Crippen LogP contribution in [0.4, 0.5) is 0 Å². The van der Waals surface area contributed by atoms with Gasteiger partial charge in [0.25, 0.3) is 0 Å². The van der Waals surface area contributed by atoms with Crippen molar-refractivity contribution in [3.05, 3.63) is 28.5 Å². The van der Waals surface area contributed by atoms with Crippen LogP contribution in [0.15, 0.2) is 22.7 Å². The lowest BCUT2D eigenvalue weighted by molar-refractivity contribution is 0.553. The predicted molar refractivity (Wildman–Crippen MR) is 71.9 cm³/mol. The van der Waals surface area contributed by atoms with Crippen molar-refractivity contribution in [3.63, 3.8) is 0 Å². The zero-order valence-electron chi connectivity index (χ0n) is 10.6. The van der Waals surface area contributed by atoms with E-state index in [4.69, 9.17) is 5.73 Å². The standard InChI is InChI=1S/C10H15N5O2S2/c1-7(10-13-12-6-15(10)2)14-19(16,17)9-3-4-18-8(9)5-11/h3-4,6-7,14H,5,11H2,1-2H3. The summed E-state index contributed by atoms with van der Waals surface area (Å²) in [5, 5.41) is 9.33. The van der Waals surface area contributed by atoms with Gasteiger partial charge in [-0.1, -0.05) is 0 Å². The van der Waals surface area contributed by atoms with Crippen LogP contribution in [0.5, 0.6) is 0 Å². The second-order valence-electron chi connectivity index (χ2n) is 4.06. The van der Waals surface area contributed by atoms with Crippen LogP contribution in [0.3, 0.4) is 0 Å². The van der Waals surface area contributed by atoms with Crippen molar-refractivity contribution in [3.8, 4) is 0 Å². The second-order valence-corrected chi connectivity index (χ2v) is 6.74. The molecule has 0 aliphatic rings. The lowest BCUT2D eigenvalue weighted by Gasteiger charge is -2.13. The molecule has 3 N–H and O–H groups in total. The number of rotatable bonds is 5. The molecule has 0 bridgehead atoms. The van der Waals surface area contributed by atoms with E-state index in [1.165, 1.54) is 17.7 Å². The molecule has 0 aliphatic heterocycles. The van der Waals surface area contributed by atoms with Gasteiger partial charge in [0.15, 0.2) is 0 Å². The number of sulfonamides is 1. The van der Waals surface area contributed by atoms with Crippen LogP contribution >= 0.6 is 11.3 Å². The lowest BCUT2D eigenvalue weighted by atomic mass is 10.3. The van der Waals surface area contributed by atoms with Crippen molar-refractivity contribution in [2.45, 2.75) is 24.4 Å². The Bertz CT molecular complexity index is 661. The highest BCUT2D eigenvalue weighted by Crippen LogP contribution is 2.23. The minimum Gasteiger partial charge on any atom is -0.326 e. The normalized spacial score (nSPS) is 13.6. The number of nitrogens with zero attached hydrogens (tertiary/aromatic N) is 3. The number of hydrogen-bond acceptors (Lipinski definition) is 6. The van der Waals surface area contributed by atoms with Gasteiger partial charge in [-0.15, -0.1) is 21.5 Å². The summed E-state index contributed by atoms with van der Waals surface area (Å²) in [6.07, 6.45) is 1.52. The van der Waals surface area contributed by atoms with Crippen LogP contribution in [0.2, 0.25) is 0 Å². The average Bonchev–Trinajstić information content (AvgIpc) is 2.96. The van der Waals surface area contributed by atoms with Gasteiger partial charge < -0.3 is 10.3 Å². The molecular formula is C10H15N5O2S2. The van der Waals surface area contributed by atoms with E-state index < -0.39 is 16.1 Å². The Labute approximate surface area is 115 Å². The molecule has 2 heterocycles. The molecule has 0 fully saturated rings. The van der Waals surface area contributed by atoms with Gasteiger partial charge in [-0.05, 0) is 18.4 Å². The topological polar surface area (TPSA) is 103 Å². The van der Waals surface area contributed by atoms with Crippen LogP contribution in [-0.2, 0) is 23.6 Å². The average molecular weight is 301 g/mol. The van der Waals surface area contributed by atoms with Crippen molar-refractivity contribution >= 4 is 21.4 Å². The highest BCUT2D eigenvalue weighted by Gasteiger charge is 2.23. The van der Waals surface area contributed by atoms with E-state index in [-0.39, 0.29) is 11.4 Å². The maximum atomic E-state index is 12.3. The van der Waals surface area contributed by atoms with E-state index in [9.17, 15) is 8.42 Å². The summed E-state index contributed by atoms with van der Waals surface area (Å²) < 4.78 is 28.8. The number of aryl methyl sites for hydroxylation is 1. The molecule has 0 saturated carbocycles. The monoisotopic (exact) mass is 301 g/mol. The van der Waals surface area contributed by atoms with Crippen LogP contribution in [0, 0.1) is 0 Å². The van der Waals surface area contributed by atoms with E-state index in [1.54, 1.807) is 30.0 Å². The van der Waals surface area contributed by atoms with Crippen LogP contribution in [0.1, 0.15) is 23.7 Å². The first kappa shape index (κ1) is 14.1. The molecule has 0 amide bonds. The highest BCUT2D eigenvalue weighted by atomic mass is 32.2. The van der Waals surface area contributed by atoms with E-state index >= 15 is 0 Å². The van der Waals surface area contributed by atoms with Gasteiger partial charge in [0.2, 0.25) is 10.0 Å². The van der Waals surface area contributed by atoms with E-state index in [0.717, 1.165) is 0 Å². The van der Waals surface area contributed by atoms with Crippen molar-refractivity contribution in [1.82, 2.24) is 19.5 Å². The van der Waals surface area contributed by atoms with Gasteiger partial charge in [-0.3, -0.25) is 0 Å². The second kappa shape index (κ2) is 5.37. The predicted octanol–water partition coefficient (Wildman–Crippen LogP) is 0.375. The van der Waals surface area contributed by atoms with E-state index in [1.807, 2.05) is 0 Å². The van der Waals surface area contributed by atoms with Gasteiger partial charge in [-0.25, -0.2) is 13.1 Å². The summed E-state index contributed by atoms with van der Waals surface area (Å²) in [6, 6.07) is 1.08. The summed E-state index contributed by atoms with van der Waals surface area (Å²) in [6.45, 7) is 1.92. The van der Waals surface area contributed by atoms with Gasteiger partial charge in [0, 0.05) is 18.5 Å². The fourth-order valence-electron chi connectivity index (χ4n) is 1.75. The van der Waals surface area contributed by atoms with Crippen LogP contribution in [-0.4, -0.2) is 23.2 Å². The molecule has 7 nitrogen and oxygen atoms in total. The Morgan fingerprint density at radius 1 is 1.58 bits per heavy atom. The first-order valence-electron chi connectivity index (χ1n) is 5.58. The molecule has 1 atom stereocenters. The van der Waals surface area contributed by atoms with Crippen LogP contribution < -0.4 is 10.5 Å². The molecule has 0 radical (unpaired) electrons. The van der Waals surface area contributed by atoms with Crippen molar-refractivity contribution in [1.29, 1.82) is 0 Å². The smallest absolute Gasteiger partial charge is 0.242 e. The third-order valence-corrected chi connectivity index (χ3v) is 5.34. The Balaban J connectivity index is 2.25. The van der Waals surface area contributed by atoms with Gasteiger partial charge in [-0.2, -0.15) is 0 Å². The molecule has 19 heavy (non-hydrogen) atoms. The molecule has 0 spiro atoms. The van der Waals surface area contributed by atoms with Gasteiger partial charge in [0.1, 0.15) is 12.2 Å². The minimum atomic E-state index is -3.60. The number of nitrogens with two attached hydrogens (primary N) is 1. The molecule has 0 saturated heterocycles. The Kier molecular flexibility index (Phi) is 3.99. The SMILES string of the molecule is CC(NS(=O)(=O)c1ccsc1CN)c1nncn1C.